The highest BCUT2D eigenvalue weighted by Crippen LogP contribution is 2.24. The quantitative estimate of drug-likeness (QED) is 0.624. The van der Waals surface area contributed by atoms with Gasteiger partial charge >= 0.3 is 0 Å². The number of halogens is 1. The number of hydrogen-bond acceptors (Lipinski definition) is 5. The second kappa shape index (κ2) is 8.91. The molecule has 7 nitrogen and oxygen atoms in total. The van der Waals surface area contributed by atoms with Gasteiger partial charge in [-0.25, -0.2) is 12.8 Å². The third kappa shape index (κ3) is 4.74. The molecule has 30 heavy (non-hydrogen) atoms. The Bertz CT molecular complexity index is 1130. The Morgan fingerprint density at radius 2 is 1.77 bits per heavy atom. The van der Waals surface area contributed by atoms with Crippen LogP contribution in [0.5, 0.6) is 5.75 Å². The highest BCUT2D eigenvalue weighted by molar-refractivity contribution is 7.92. The number of aromatic nitrogens is 1. The number of methoxy groups -OCH3 is 1. The fraction of sp³-hybridized carbons (Fsp3) is 0.143. The summed E-state index contributed by atoms with van der Waals surface area (Å²) in [6.45, 7) is 0.186. The van der Waals surface area contributed by atoms with Crippen LogP contribution in [-0.4, -0.2) is 33.5 Å². The molecule has 0 spiro atoms. The largest absolute Gasteiger partial charge is 0.497 e. The summed E-state index contributed by atoms with van der Waals surface area (Å²) in [5.41, 5.74) is 1.07. The molecule has 1 aromatic heterocycles. The van der Waals surface area contributed by atoms with Crippen molar-refractivity contribution >= 4 is 21.6 Å². The van der Waals surface area contributed by atoms with Crippen LogP contribution in [-0.2, 0) is 16.6 Å². The number of pyridine rings is 1. The van der Waals surface area contributed by atoms with E-state index in [9.17, 15) is 17.6 Å². The number of nitrogens with one attached hydrogen (secondary N) is 1. The lowest BCUT2D eigenvalue weighted by molar-refractivity contribution is 0.0946. The molecule has 0 aliphatic carbocycles. The zero-order valence-corrected chi connectivity index (χ0v) is 17.2. The molecular weight excluding hydrogens is 409 g/mol. The molecule has 3 aromatic rings. The van der Waals surface area contributed by atoms with Crippen molar-refractivity contribution in [3.63, 3.8) is 0 Å². The highest BCUT2D eigenvalue weighted by Gasteiger charge is 2.22. The molecule has 0 saturated carbocycles. The molecule has 0 aliphatic rings. The first-order valence-electron chi connectivity index (χ1n) is 8.93. The van der Waals surface area contributed by atoms with Crippen LogP contribution in [0.3, 0.4) is 0 Å². The molecule has 1 N–H and O–H groups in total. The number of sulfonamides is 1. The number of nitrogens with zero attached hydrogens (tertiary/aromatic N) is 2. The number of carbonyl (C=O) groups excluding carboxylic acids is 1. The minimum Gasteiger partial charge on any atom is -0.497 e. The number of ether oxygens (including phenoxy) is 1. The van der Waals surface area contributed by atoms with E-state index in [2.05, 4.69) is 10.3 Å². The zero-order chi connectivity index (χ0) is 21.7. The standard InChI is InChI=1S/C21H20FN3O4S/c1-25(30(27,28)19-9-7-18(29-2)8-10-19)17-11-12-23-20(13-17)21(26)24-14-15-3-5-16(22)6-4-15/h3-13H,14H2,1-2H3,(H,24,26). The van der Waals surface area contributed by atoms with Gasteiger partial charge in [0.1, 0.15) is 17.3 Å². The number of hydrogen-bond donors (Lipinski definition) is 1. The van der Waals surface area contributed by atoms with Crippen LogP contribution in [0.4, 0.5) is 10.1 Å². The molecular formula is C21H20FN3O4S. The Morgan fingerprint density at radius 1 is 1.10 bits per heavy atom. The van der Waals surface area contributed by atoms with Crippen molar-refractivity contribution in [1.29, 1.82) is 0 Å². The van der Waals surface area contributed by atoms with Gasteiger partial charge in [0, 0.05) is 19.8 Å². The van der Waals surface area contributed by atoms with Gasteiger partial charge in [-0.05, 0) is 54.1 Å². The summed E-state index contributed by atoms with van der Waals surface area (Å²) in [7, 11) is -0.943. The number of benzene rings is 2. The van der Waals surface area contributed by atoms with Crippen LogP contribution in [0, 0.1) is 5.82 Å². The van der Waals surface area contributed by atoms with Crippen molar-refractivity contribution in [2.75, 3.05) is 18.5 Å². The van der Waals surface area contributed by atoms with Gasteiger partial charge < -0.3 is 10.1 Å². The van der Waals surface area contributed by atoms with E-state index in [0.29, 0.717) is 5.75 Å². The molecule has 0 bridgehead atoms. The Balaban J connectivity index is 1.76. The first-order chi connectivity index (χ1) is 14.3. The molecule has 1 amide bonds. The Labute approximate surface area is 174 Å². The number of carbonyl (C=O) groups is 1. The maximum atomic E-state index is 13.0. The van der Waals surface area contributed by atoms with E-state index >= 15 is 0 Å². The minimum atomic E-state index is -3.84. The molecule has 0 saturated heterocycles. The van der Waals surface area contributed by atoms with Crippen molar-refractivity contribution in [1.82, 2.24) is 10.3 Å². The second-order valence-corrected chi connectivity index (χ2v) is 8.33. The van der Waals surface area contributed by atoms with Gasteiger partial charge in [0.25, 0.3) is 15.9 Å². The van der Waals surface area contributed by atoms with Crippen LogP contribution in [0.2, 0.25) is 0 Å². The lowest BCUT2D eigenvalue weighted by Gasteiger charge is -2.20. The summed E-state index contributed by atoms with van der Waals surface area (Å²) < 4.78 is 44.9. The van der Waals surface area contributed by atoms with Crippen LogP contribution in [0.15, 0.2) is 71.8 Å². The van der Waals surface area contributed by atoms with E-state index in [1.807, 2.05) is 0 Å². The van der Waals surface area contributed by atoms with Gasteiger partial charge in [-0.1, -0.05) is 12.1 Å². The number of anilines is 1. The SMILES string of the molecule is COc1ccc(S(=O)(=O)N(C)c2ccnc(C(=O)NCc3ccc(F)cc3)c2)cc1. The number of amides is 1. The second-order valence-electron chi connectivity index (χ2n) is 6.36. The topological polar surface area (TPSA) is 88.6 Å². The first kappa shape index (κ1) is 21.3. The van der Waals surface area contributed by atoms with Gasteiger partial charge in [0.15, 0.2) is 0 Å². The third-order valence-corrected chi connectivity index (χ3v) is 6.22. The molecule has 3 rings (SSSR count). The van der Waals surface area contributed by atoms with E-state index in [1.165, 1.54) is 56.8 Å². The van der Waals surface area contributed by atoms with Crippen molar-refractivity contribution in [3.8, 4) is 5.75 Å². The van der Waals surface area contributed by atoms with Crippen LogP contribution < -0.4 is 14.4 Å². The van der Waals surface area contributed by atoms with Crippen LogP contribution in [0.25, 0.3) is 0 Å². The fourth-order valence-electron chi connectivity index (χ4n) is 2.66. The molecule has 0 radical (unpaired) electrons. The molecule has 0 fully saturated rings. The van der Waals surface area contributed by atoms with E-state index in [4.69, 9.17) is 4.74 Å². The summed E-state index contributed by atoms with van der Waals surface area (Å²) in [5.74, 6) is -0.294. The summed E-state index contributed by atoms with van der Waals surface area (Å²) in [4.78, 5) is 16.5. The van der Waals surface area contributed by atoms with Gasteiger partial charge in [-0.15, -0.1) is 0 Å². The lowest BCUT2D eigenvalue weighted by Crippen LogP contribution is -2.28. The first-order valence-corrected chi connectivity index (χ1v) is 10.4. The van der Waals surface area contributed by atoms with E-state index < -0.39 is 15.9 Å². The fourth-order valence-corrected chi connectivity index (χ4v) is 3.85. The third-order valence-electron chi connectivity index (χ3n) is 4.42. The maximum absolute atomic E-state index is 13.0. The monoisotopic (exact) mass is 429 g/mol. The summed E-state index contributed by atoms with van der Waals surface area (Å²) in [6, 6.07) is 14.6. The van der Waals surface area contributed by atoms with E-state index in [1.54, 1.807) is 24.3 Å². The molecule has 156 valence electrons. The van der Waals surface area contributed by atoms with E-state index in [-0.39, 0.29) is 28.6 Å². The van der Waals surface area contributed by atoms with Gasteiger partial charge in [0.05, 0.1) is 17.7 Å². The zero-order valence-electron chi connectivity index (χ0n) is 16.4. The highest BCUT2D eigenvalue weighted by atomic mass is 32.2. The molecule has 0 unspecified atom stereocenters. The lowest BCUT2D eigenvalue weighted by atomic mass is 10.2. The summed E-state index contributed by atoms with van der Waals surface area (Å²) in [6.07, 6.45) is 1.36. The average Bonchev–Trinajstić information content (AvgIpc) is 2.78. The smallest absolute Gasteiger partial charge is 0.270 e. The van der Waals surface area contributed by atoms with Crippen molar-refractivity contribution < 1.29 is 22.3 Å². The summed E-state index contributed by atoms with van der Waals surface area (Å²) in [5, 5.41) is 2.68. The van der Waals surface area contributed by atoms with Gasteiger partial charge in [0.2, 0.25) is 0 Å². The normalized spacial score (nSPS) is 11.0. The predicted octanol–water partition coefficient (Wildman–Crippen LogP) is 2.98. The maximum Gasteiger partial charge on any atom is 0.270 e. The van der Waals surface area contributed by atoms with E-state index in [0.717, 1.165) is 9.87 Å². The minimum absolute atomic E-state index is 0.0615. The molecule has 0 atom stereocenters. The van der Waals surface area contributed by atoms with Crippen molar-refractivity contribution in [3.05, 3.63) is 83.9 Å². The van der Waals surface area contributed by atoms with Crippen molar-refractivity contribution in [2.24, 2.45) is 0 Å². The van der Waals surface area contributed by atoms with Crippen LogP contribution in [0.1, 0.15) is 16.1 Å². The molecule has 1 heterocycles. The average molecular weight is 429 g/mol. The Hall–Kier alpha value is -3.46. The predicted molar refractivity (Wildman–Crippen MR) is 110 cm³/mol. The van der Waals surface area contributed by atoms with Gasteiger partial charge in [-0.3, -0.25) is 14.1 Å². The molecule has 9 heteroatoms. The Morgan fingerprint density at radius 3 is 2.40 bits per heavy atom. The molecule has 2 aromatic carbocycles. The number of rotatable bonds is 7. The van der Waals surface area contributed by atoms with Crippen LogP contribution >= 0.6 is 0 Å². The molecule has 0 aliphatic heterocycles. The van der Waals surface area contributed by atoms with Gasteiger partial charge in [-0.2, -0.15) is 0 Å². The van der Waals surface area contributed by atoms with Crippen molar-refractivity contribution in [2.45, 2.75) is 11.4 Å². The Kier molecular flexibility index (Phi) is 6.31. The summed E-state index contributed by atoms with van der Waals surface area (Å²) >= 11 is 0.